The van der Waals surface area contributed by atoms with Gasteiger partial charge in [-0.2, -0.15) is 4.98 Å². The number of hydrogen-bond donors (Lipinski definition) is 0. The fourth-order valence-electron chi connectivity index (χ4n) is 2.19. The van der Waals surface area contributed by atoms with Crippen LogP contribution in [-0.2, 0) is 0 Å². The monoisotopic (exact) mass is 246 g/mol. The number of fused-ring (bicyclic) bond motifs is 1. The van der Waals surface area contributed by atoms with Crippen molar-refractivity contribution in [3.05, 3.63) is 29.4 Å². The lowest BCUT2D eigenvalue weighted by molar-refractivity contribution is 0.399. The van der Waals surface area contributed by atoms with E-state index in [0.717, 1.165) is 22.5 Å². The first-order valence-corrected chi connectivity index (χ1v) is 6.72. The molecule has 0 radical (unpaired) electrons. The van der Waals surface area contributed by atoms with Gasteiger partial charge in [-0.05, 0) is 30.7 Å². The third-order valence-electron chi connectivity index (χ3n) is 3.09. The van der Waals surface area contributed by atoms with Gasteiger partial charge < -0.3 is 4.74 Å². The van der Waals surface area contributed by atoms with Crippen molar-refractivity contribution >= 4 is 21.6 Å². The number of rotatable bonds is 2. The van der Waals surface area contributed by atoms with Crippen LogP contribution in [0.2, 0.25) is 0 Å². The van der Waals surface area contributed by atoms with E-state index in [-0.39, 0.29) is 0 Å². The standard InChI is InChI=1S/C13H14N2OS/c1-16-12-10-7-8-17-13(10)15-11(14-12)9-5-3-2-4-6-9/h3,5,7-9H,2,4,6H2,1H3. The van der Waals surface area contributed by atoms with Crippen LogP contribution >= 0.6 is 11.3 Å². The van der Waals surface area contributed by atoms with E-state index < -0.39 is 0 Å². The minimum Gasteiger partial charge on any atom is -0.480 e. The molecule has 1 atom stereocenters. The predicted molar refractivity (Wildman–Crippen MR) is 69.7 cm³/mol. The molecule has 1 unspecified atom stereocenters. The Bertz CT molecular complexity index is 562. The molecule has 2 aromatic rings. The maximum atomic E-state index is 5.35. The number of methoxy groups -OCH3 is 1. The Morgan fingerprint density at radius 1 is 1.41 bits per heavy atom. The Labute approximate surface area is 104 Å². The maximum absolute atomic E-state index is 5.35. The Morgan fingerprint density at radius 3 is 3.12 bits per heavy atom. The summed E-state index contributed by atoms with van der Waals surface area (Å²) < 4.78 is 5.35. The van der Waals surface area contributed by atoms with Crippen molar-refractivity contribution in [1.82, 2.24) is 9.97 Å². The zero-order chi connectivity index (χ0) is 11.7. The topological polar surface area (TPSA) is 35.0 Å². The molecule has 1 aliphatic carbocycles. The minimum atomic E-state index is 0.351. The predicted octanol–water partition coefficient (Wildman–Crippen LogP) is 3.52. The van der Waals surface area contributed by atoms with Crippen LogP contribution in [0.15, 0.2) is 23.6 Å². The third kappa shape index (κ3) is 1.93. The zero-order valence-corrected chi connectivity index (χ0v) is 10.5. The second kappa shape index (κ2) is 4.45. The fraction of sp³-hybridized carbons (Fsp3) is 0.385. The van der Waals surface area contributed by atoms with E-state index in [4.69, 9.17) is 4.74 Å². The van der Waals surface area contributed by atoms with Gasteiger partial charge in [0.1, 0.15) is 10.7 Å². The molecule has 0 saturated carbocycles. The molecular formula is C13H14N2OS. The van der Waals surface area contributed by atoms with Crippen LogP contribution in [0.1, 0.15) is 31.0 Å². The van der Waals surface area contributed by atoms with Crippen LogP contribution in [0, 0.1) is 0 Å². The molecule has 3 rings (SSSR count). The summed E-state index contributed by atoms with van der Waals surface area (Å²) in [4.78, 5) is 10.2. The van der Waals surface area contributed by atoms with Gasteiger partial charge in [-0.3, -0.25) is 0 Å². The smallest absolute Gasteiger partial charge is 0.225 e. The van der Waals surface area contributed by atoms with Crippen molar-refractivity contribution in [3.63, 3.8) is 0 Å². The average Bonchev–Trinajstić information content (AvgIpc) is 2.86. The van der Waals surface area contributed by atoms with E-state index in [1.54, 1.807) is 18.4 Å². The quantitative estimate of drug-likeness (QED) is 0.760. The van der Waals surface area contributed by atoms with Crippen molar-refractivity contribution in [2.75, 3.05) is 7.11 Å². The first-order valence-electron chi connectivity index (χ1n) is 5.84. The second-order valence-corrected chi connectivity index (χ2v) is 5.09. The lowest BCUT2D eigenvalue weighted by atomic mass is 9.95. The van der Waals surface area contributed by atoms with Crippen LogP contribution in [0.25, 0.3) is 10.2 Å². The van der Waals surface area contributed by atoms with Gasteiger partial charge in [-0.25, -0.2) is 4.98 Å². The normalized spacial score (nSPS) is 19.7. The summed E-state index contributed by atoms with van der Waals surface area (Å²) in [6, 6.07) is 2.01. The summed E-state index contributed by atoms with van der Waals surface area (Å²) in [6.45, 7) is 0. The molecule has 17 heavy (non-hydrogen) atoms. The first-order chi connectivity index (χ1) is 8.38. The molecule has 3 nitrogen and oxygen atoms in total. The van der Waals surface area contributed by atoms with Gasteiger partial charge in [0.15, 0.2) is 0 Å². The van der Waals surface area contributed by atoms with Gasteiger partial charge in [0.2, 0.25) is 5.88 Å². The molecule has 2 aromatic heterocycles. The van der Waals surface area contributed by atoms with E-state index in [9.17, 15) is 0 Å². The largest absolute Gasteiger partial charge is 0.480 e. The molecule has 0 spiro atoms. The summed E-state index contributed by atoms with van der Waals surface area (Å²) in [5.74, 6) is 1.95. The summed E-state index contributed by atoms with van der Waals surface area (Å²) in [5.41, 5.74) is 0. The Morgan fingerprint density at radius 2 is 2.35 bits per heavy atom. The van der Waals surface area contributed by atoms with Crippen LogP contribution in [-0.4, -0.2) is 17.1 Å². The van der Waals surface area contributed by atoms with Gasteiger partial charge in [-0.1, -0.05) is 12.2 Å². The number of hydrogen-bond acceptors (Lipinski definition) is 4. The highest BCUT2D eigenvalue weighted by molar-refractivity contribution is 7.16. The lowest BCUT2D eigenvalue weighted by Crippen LogP contribution is -2.05. The molecule has 0 bridgehead atoms. The first kappa shape index (κ1) is 10.7. The molecule has 0 saturated heterocycles. The molecule has 4 heteroatoms. The van der Waals surface area contributed by atoms with Gasteiger partial charge in [0, 0.05) is 5.92 Å². The van der Waals surface area contributed by atoms with Crippen molar-refractivity contribution < 1.29 is 4.74 Å². The van der Waals surface area contributed by atoms with Crippen LogP contribution in [0.5, 0.6) is 5.88 Å². The molecule has 88 valence electrons. The number of allylic oxidation sites excluding steroid dienone is 2. The number of thiophene rings is 1. The van der Waals surface area contributed by atoms with E-state index in [1.807, 2.05) is 11.4 Å². The fourth-order valence-corrected chi connectivity index (χ4v) is 2.95. The van der Waals surface area contributed by atoms with E-state index in [0.29, 0.717) is 11.8 Å². The molecule has 0 fully saturated rings. The minimum absolute atomic E-state index is 0.351. The lowest BCUT2D eigenvalue weighted by Gasteiger charge is -2.15. The third-order valence-corrected chi connectivity index (χ3v) is 3.89. The number of nitrogens with zero attached hydrogens (tertiary/aromatic N) is 2. The van der Waals surface area contributed by atoms with E-state index in [1.165, 1.54) is 12.8 Å². The summed E-state index contributed by atoms with van der Waals surface area (Å²) >= 11 is 1.64. The molecule has 0 aliphatic heterocycles. The maximum Gasteiger partial charge on any atom is 0.225 e. The van der Waals surface area contributed by atoms with Gasteiger partial charge in [0.25, 0.3) is 0 Å². The Kier molecular flexibility index (Phi) is 2.81. The highest BCUT2D eigenvalue weighted by Gasteiger charge is 2.17. The van der Waals surface area contributed by atoms with E-state index >= 15 is 0 Å². The SMILES string of the molecule is COc1nc(C2C=CCCC2)nc2sccc12. The van der Waals surface area contributed by atoms with Gasteiger partial charge >= 0.3 is 0 Å². The molecule has 0 amide bonds. The van der Waals surface area contributed by atoms with Crippen molar-refractivity contribution in [2.45, 2.75) is 25.2 Å². The van der Waals surface area contributed by atoms with Crippen LogP contribution in [0.4, 0.5) is 0 Å². The second-order valence-electron chi connectivity index (χ2n) is 4.20. The summed E-state index contributed by atoms with van der Waals surface area (Å²) in [5, 5.41) is 3.04. The summed E-state index contributed by atoms with van der Waals surface area (Å²) in [6.07, 6.45) is 7.97. The van der Waals surface area contributed by atoms with Crippen molar-refractivity contribution in [3.8, 4) is 5.88 Å². The van der Waals surface area contributed by atoms with Crippen LogP contribution < -0.4 is 4.74 Å². The highest BCUT2D eigenvalue weighted by Crippen LogP contribution is 2.31. The van der Waals surface area contributed by atoms with E-state index in [2.05, 4.69) is 22.1 Å². The average molecular weight is 246 g/mol. The van der Waals surface area contributed by atoms with Crippen LogP contribution in [0.3, 0.4) is 0 Å². The molecule has 1 aliphatic rings. The Balaban J connectivity index is 2.09. The molecule has 2 heterocycles. The highest BCUT2D eigenvalue weighted by atomic mass is 32.1. The molecule has 0 aromatic carbocycles. The van der Waals surface area contributed by atoms with Gasteiger partial charge in [0.05, 0.1) is 12.5 Å². The summed E-state index contributed by atoms with van der Waals surface area (Å²) in [7, 11) is 1.67. The molecular weight excluding hydrogens is 232 g/mol. The zero-order valence-electron chi connectivity index (χ0n) is 9.72. The van der Waals surface area contributed by atoms with Gasteiger partial charge in [-0.15, -0.1) is 11.3 Å². The number of aromatic nitrogens is 2. The molecule has 0 N–H and O–H groups in total. The van der Waals surface area contributed by atoms with Crippen molar-refractivity contribution in [2.24, 2.45) is 0 Å². The van der Waals surface area contributed by atoms with Crippen molar-refractivity contribution in [1.29, 1.82) is 0 Å². The number of ether oxygens (including phenoxy) is 1. The Hall–Kier alpha value is -1.42.